The molecule has 1 N–H and O–H groups in total. The van der Waals surface area contributed by atoms with E-state index in [1.54, 1.807) is 36.4 Å². The average Bonchev–Trinajstić information content (AvgIpc) is 3.36. The number of carbonyl (C=O) groups excluding carboxylic acids is 2. The number of alkyl halides is 2. The summed E-state index contributed by atoms with van der Waals surface area (Å²) in [5, 5.41) is 10.2. The van der Waals surface area contributed by atoms with Crippen molar-refractivity contribution in [1.82, 2.24) is 13.9 Å². The van der Waals surface area contributed by atoms with Gasteiger partial charge in [0.2, 0.25) is 0 Å². The van der Waals surface area contributed by atoms with Gasteiger partial charge in [0.15, 0.2) is 9.75 Å². The maximum absolute atomic E-state index is 14.4. The molecule has 13 heteroatoms. The zero-order chi connectivity index (χ0) is 31.1. The van der Waals surface area contributed by atoms with E-state index in [2.05, 4.69) is 0 Å². The molecule has 2 fully saturated rings. The lowest BCUT2D eigenvalue weighted by atomic mass is 9.64. The number of anilines is 1. The minimum absolute atomic E-state index is 0.0390. The highest BCUT2D eigenvalue weighted by Gasteiger charge is 2.76. The zero-order valence-corrected chi connectivity index (χ0v) is 24.5. The number of methoxy groups -OCH3 is 1. The number of fused-ring (bicyclic) bond motifs is 4. The molecule has 1 saturated heterocycles. The Kier molecular flexibility index (Phi) is 6.21. The number of ether oxygens (including phenoxy) is 1. The SMILES string of the molecule is COc1cc(O)ccc1C1C2=CCn3c(=O)n(-c4ccccc4)c(=O)n3C2CC2(Cl)C(=O)N(c3ccc(F)cc3)C(=O)C12Cl. The Bertz CT molecular complexity index is 2020. The van der Waals surface area contributed by atoms with Crippen molar-refractivity contribution in [2.24, 2.45) is 0 Å². The minimum atomic E-state index is -2.15. The molecule has 44 heavy (non-hydrogen) atoms. The summed E-state index contributed by atoms with van der Waals surface area (Å²) in [4.78, 5) is 52.7. The molecule has 4 atom stereocenters. The van der Waals surface area contributed by atoms with E-state index in [9.17, 15) is 28.7 Å². The van der Waals surface area contributed by atoms with Crippen molar-refractivity contribution in [2.45, 2.75) is 34.7 Å². The number of benzene rings is 3. The fraction of sp³-hybridized carbons (Fsp3) is 0.226. The van der Waals surface area contributed by atoms with Crippen molar-refractivity contribution in [3.05, 3.63) is 117 Å². The van der Waals surface area contributed by atoms with E-state index in [1.807, 2.05) is 0 Å². The first-order chi connectivity index (χ1) is 21.0. The van der Waals surface area contributed by atoms with Crippen molar-refractivity contribution in [3.8, 4) is 17.2 Å². The van der Waals surface area contributed by atoms with Gasteiger partial charge in [-0.3, -0.25) is 9.59 Å². The number of rotatable bonds is 4. The fourth-order valence-electron chi connectivity index (χ4n) is 6.74. The van der Waals surface area contributed by atoms with Gasteiger partial charge in [-0.25, -0.2) is 32.8 Å². The molecule has 4 aromatic rings. The largest absolute Gasteiger partial charge is 0.508 e. The summed E-state index contributed by atoms with van der Waals surface area (Å²) >= 11 is 14.6. The monoisotopic (exact) mass is 636 g/mol. The highest BCUT2D eigenvalue weighted by molar-refractivity contribution is 6.58. The molecule has 3 aromatic carbocycles. The Morgan fingerprint density at radius 1 is 0.909 bits per heavy atom. The van der Waals surface area contributed by atoms with Crippen LogP contribution in [0.25, 0.3) is 5.69 Å². The van der Waals surface area contributed by atoms with Gasteiger partial charge in [-0.05, 0) is 48.0 Å². The highest BCUT2D eigenvalue weighted by atomic mass is 35.5. The van der Waals surface area contributed by atoms with Gasteiger partial charge in [-0.2, -0.15) is 0 Å². The maximum atomic E-state index is 14.4. The van der Waals surface area contributed by atoms with E-state index < -0.39 is 50.7 Å². The number of hydrogen-bond acceptors (Lipinski definition) is 6. The quantitative estimate of drug-likeness (QED) is 0.207. The van der Waals surface area contributed by atoms with Crippen LogP contribution in [0.4, 0.5) is 10.1 Å². The molecule has 7 rings (SSSR count). The number of nitrogens with zero attached hydrogens (tertiary/aromatic N) is 4. The minimum Gasteiger partial charge on any atom is -0.508 e. The first-order valence-corrected chi connectivity index (χ1v) is 14.4. The molecule has 3 heterocycles. The Hall–Kier alpha value is -4.61. The van der Waals surface area contributed by atoms with Gasteiger partial charge in [0.1, 0.15) is 17.3 Å². The Labute approximate surface area is 258 Å². The van der Waals surface area contributed by atoms with Crippen LogP contribution in [0.3, 0.4) is 0 Å². The molecule has 0 radical (unpaired) electrons. The topological polar surface area (TPSA) is 116 Å². The molecule has 2 aliphatic heterocycles. The summed E-state index contributed by atoms with van der Waals surface area (Å²) in [6.07, 6.45) is 1.39. The molecule has 2 amide bonds. The number of imide groups is 1. The van der Waals surface area contributed by atoms with Crippen LogP contribution >= 0.6 is 23.2 Å². The molecular weight excluding hydrogens is 614 g/mol. The van der Waals surface area contributed by atoms with Crippen LogP contribution in [-0.4, -0.2) is 47.7 Å². The standard InChI is InChI=1S/C31H23Cl2FN4O6/c1-44-24-15-20(39)11-12-22(24)25-21-13-14-35-28(42)37(18-5-3-2-4-6-18)29(43)38(35)23(21)16-30(32)26(40)36(27(41)31(25,30)33)19-9-7-17(34)8-10-19/h2-13,15,23,25,39H,14,16H2,1H3. The van der Waals surface area contributed by atoms with Crippen molar-refractivity contribution in [1.29, 1.82) is 0 Å². The molecule has 3 aliphatic rings. The molecule has 1 aliphatic carbocycles. The number of hydrogen-bond donors (Lipinski definition) is 1. The number of phenols is 1. The predicted molar refractivity (Wildman–Crippen MR) is 159 cm³/mol. The van der Waals surface area contributed by atoms with E-state index in [0.717, 1.165) is 21.6 Å². The molecular formula is C31H23Cl2FN4O6. The van der Waals surface area contributed by atoms with Gasteiger partial charge < -0.3 is 9.84 Å². The molecule has 224 valence electrons. The van der Waals surface area contributed by atoms with E-state index in [-0.39, 0.29) is 30.2 Å². The number of amides is 2. The molecule has 0 spiro atoms. The normalized spacial score (nSPS) is 25.7. The van der Waals surface area contributed by atoms with E-state index in [0.29, 0.717) is 16.8 Å². The van der Waals surface area contributed by atoms with Crippen LogP contribution in [0.2, 0.25) is 0 Å². The van der Waals surface area contributed by atoms with Gasteiger partial charge >= 0.3 is 11.4 Å². The van der Waals surface area contributed by atoms with Crippen LogP contribution < -0.4 is 21.0 Å². The first-order valence-electron chi connectivity index (χ1n) is 13.6. The predicted octanol–water partition coefficient (Wildman–Crippen LogP) is 3.85. The van der Waals surface area contributed by atoms with E-state index in [1.165, 1.54) is 46.8 Å². The number of para-hydroxylation sites is 1. The summed E-state index contributed by atoms with van der Waals surface area (Å²) < 4.78 is 22.9. The summed E-state index contributed by atoms with van der Waals surface area (Å²) in [6.45, 7) is -0.0390. The number of aromatic hydroxyl groups is 1. The van der Waals surface area contributed by atoms with Gasteiger partial charge in [-0.1, -0.05) is 30.3 Å². The van der Waals surface area contributed by atoms with Gasteiger partial charge in [-0.15, -0.1) is 23.2 Å². The summed E-state index contributed by atoms with van der Waals surface area (Å²) in [7, 11) is 1.37. The average molecular weight is 637 g/mol. The molecule has 1 saturated carbocycles. The van der Waals surface area contributed by atoms with E-state index in [4.69, 9.17) is 27.9 Å². The number of phenolic OH excluding ortho intramolecular Hbond substituents is 1. The molecule has 0 bridgehead atoms. The maximum Gasteiger partial charge on any atom is 0.352 e. The Morgan fingerprint density at radius 3 is 2.30 bits per heavy atom. The van der Waals surface area contributed by atoms with Gasteiger partial charge in [0.25, 0.3) is 11.8 Å². The number of carbonyl (C=O) groups is 2. The smallest absolute Gasteiger partial charge is 0.352 e. The Balaban J connectivity index is 1.49. The van der Waals surface area contributed by atoms with Crippen molar-refractivity contribution >= 4 is 40.7 Å². The number of halogens is 3. The first kappa shape index (κ1) is 28.2. The van der Waals surface area contributed by atoms with Crippen LogP contribution in [0.5, 0.6) is 11.5 Å². The Morgan fingerprint density at radius 2 is 1.61 bits per heavy atom. The van der Waals surface area contributed by atoms with Crippen molar-refractivity contribution in [2.75, 3.05) is 12.0 Å². The lowest BCUT2D eigenvalue weighted by Crippen LogP contribution is -2.59. The summed E-state index contributed by atoms with van der Waals surface area (Å²) in [5.41, 5.74) is -0.0445. The summed E-state index contributed by atoms with van der Waals surface area (Å²) in [5.74, 6) is -3.40. The lowest BCUT2D eigenvalue weighted by molar-refractivity contribution is -0.122. The van der Waals surface area contributed by atoms with Gasteiger partial charge in [0, 0.05) is 24.0 Å². The second-order valence-electron chi connectivity index (χ2n) is 10.9. The van der Waals surface area contributed by atoms with Crippen molar-refractivity contribution < 1.29 is 23.8 Å². The second-order valence-corrected chi connectivity index (χ2v) is 12.1. The fourth-order valence-corrected chi connectivity index (χ4v) is 7.65. The molecule has 10 nitrogen and oxygen atoms in total. The summed E-state index contributed by atoms with van der Waals surface area (Å²) in [6, 6.07) is 16.4. The highest BCUT2D eigenvalue weighted by Crippen LogP contribution is 2.64. The van der Waals surface area contributed by atoms with Gasteiger partial charge in [0.05, 0.1) is 31.1 Å². The lowest BCUT2D eigenvalue weighted by Gasteiger charge is -2.49. The van der Waals surface area contributed by atoms with Crippen LogP contribution in [0.15, 0.2) is 94.0 Å². The van der Waals surface area contributed by atoms with E-state index >= 15 is 0 Å². The van der Waals surface area contributed by atoms with Crippen LogP contribution in [0, 0.1) is 5.82 Å². The molecule has 4 unspecified atom stereocenters. The van der Waals surface area contributed by atoms with Crippen LogP contribution in [-0.2, 0) is 16.1 Å². The number of aromatic nitrogens is 3. The number of allylic oxidation sites excluding steroid dienone is 2. The second kappa shape index (κ2) is 9.70. The third-order valence-electron chi connectivity index (χ3n) is 8.71. The molecule has 1 aromatic heterocycles. The van der Waals surface area contributed by atoms with Crippen molar-refractivity contribution in [3.63, 3.8) is 0 Å². The van der Waals surface area contributed by atoms with Crippen LogP contribution in [0.1, 0.15) is 23.9 Å². The zero-order valence-electron chi connectivity index (χ0n) is 23.0. The third kappa shape index (κ3) is 3.59. The third-order valence-corrected chi connectivity index (χ3v) is 10.1.